The second-order valence-electron chi connectivity index (χ2n) is 5.95. The molecule has 1 amide bonds. The van der Waals surface area contributed by atoms with Gasteiger partial charge in [0.05, 0.1) is 11.3 Å². The van der Waals surface area contributed by atoms with Gasteiger partial charge in [0.1, 0.15) is 5.75 Å². The Labute approximate surface area is 152 Å². The summed E-state index contributed by atoms with van der Waals surface area (Å²) in [6.45, 7) is 1.88. The van der Waals surface area contributed by atoms with Crippen LogP contribution in [0.25, 0.3) is 10.8 Å². The fraction of sp³-hybridized carbons (Fsp3) is 0.190. The van der Waals surface area contributed by atoms with Gasteiger partial charge < -0.3 is 10.4 Å². The SMILES string of the molecule is CS[C@@H](C)C(=O)N[C@@H](c1ccccc1)c1c(O)ccc2ccccc12. The first-order chi connectivity index (χ1) is 12.1. The Morgan fingerprint density at radius 3 is 2.40 bits per heavy atom. The number of aromatic hydroxyl groups is 1. The standard InChI is InChI=1S/C21H21NO2S/c1-14(25-2)21(24)22-20(16-9-4-3-5-10-16)19-17-11-7-6-8-15(17)12-13-18(19)23/h3-14,20,23H,1-2H3,(H,22,24)/t14-,20-/m0/s1. The maximum atomic E-state index is 12.6. The smallest absolute Gasteiger partial charge is 0.233 e. The van der Waals surface area contributed by atoms with Crippen LogP contribution in [0, 0.1) is 0 Å². The monoisotopic (exact) mass is 351 g/mol. The van der Waals surface area contributed by atoms with Crippen LogP contribution in [0.1, 0.15) is 24.1 Å². The first-order valence-electron chi connectivity index (χ1n) is 8.20. The first-order valence-corrected chi connectivity index (χ1v) is 9.49. The van der Waals surface area contributed by atoms with Crippen LogP contribution in [-0.2, 0) is 4.79 Å². The number of carbonyl (C=O) groups is 1. The van der Waals surface area contributed by atoms with Crippen molar-refractivity contribution in [3.8, 4) is 5.75 Å². The van der Waals surface area contributed by atoms with Crippen molar-refractivity contribution in [2.75, 3.05) is 6.26 Å². The second-order valence-corrected chi connectivity index (χ2v) is 7.13. The maximum absolute atomic E-state index is 12.6. The lowest BCUT2D eigenvalue weighted by atomic mass is 9.92. The number of nitrogens with one attached hydrogen (secondary N) is 1. The Bertz CT molecular complexity index is 879. The third kappa shape index (κ3) is 3.64. The van der Waals surface area contributed by atoms with Gasteiger partial charge in [-0.2, -0.15) is 11.8 Å². The summed E-state index contributed by atoms with van der Waals surface area (Å²) in [4.78, 5) is 12.6. The molecule has 25 heavy (non-hydrogen) atoms. The van der Waals surface area contributed by atoms with Gasteiger partial charge in [-0.15, -0.1) is 0 Å². The lowest BCUT2D eigenvalue weighted by Gasteiger charge is -2.24. The lowest BCUT2D eigenvalue weighted by molar-refractivity contribution is -0.120. The van der Waals surface area contributed by atoms with Gasteiger partial charge in [0, 0.05) is 5.56 Å². The highest BCUT2D eigenvalue weighted by molar-refractivity contribution is 7.99. The van der Waals surface area contributed by atoms with E-state index >= 15 is 0 Å². The quantitative estimate of drug-likeness (QED) is 0.711. The minimum absolute atomic E-state index is 0.0475. The second kappa shape index (κ2) is 7.62. The normalized spacial score (nSPS) is 13.4. The third-order valence-electron chi connectivity index (χ3n) is 4.38. The molecule has 0 aliphatic rings. The lowest BCUT2D eigenvalue weighted by Crippen LogP contribution is -2.35. The van der Waals surface area contributed by atoms with Crippen molar-refractivity contribution in [3.63, 3.8) is 0 Å². The summed E-state index contributed by atoms with van der Waals surface area (Å²) >= 11 is 1.50. The van der Waals surface area contributed by atoms with Crippen molar-refractivity contribution in [1.29, 1.82) is 0 Å². The Hall–Kier alpha value is -2.46. The number of carbonyl (C=O) groups excluding carboxylic acids is 1. The number of hydrogen-bond donors (Lipinski definition) is 2. The molecule has 0 fully saturated rings. The Morgan fingerprint density at radius 1 is 1.00 bits per heavy atom. The average molecular weight is 351 g/mol. The molecular weight excluding hydrogens is 330 g/mol. The van der Waals surface area contributed by atoms with Crippen molar-refractivity contribution in [2.45, 2.75) is 18.2 Å². The number of phenols is 1. The zero-order valence-electron chi connectivity index (χ0n) is 14.3. The molecule has 0 unspecified atom stereocenters. The van der Waals surface area contributed by atoms with Gasteiger partial charge in [0.2, 0.25) is 5.91 Å². The van der Waals surface area contributed by atoms with Crippen molar-refractivity contribution in [1.82, 2.24) is 5.32 Å². The molecule has 2 N–H and O–H groups in total. The van der Waals surface area contributed by atoms with Gasteiger partial charge in [0.25, 0.3) is 0 Å². The van der Waals surface area contributed by atoms with Crippen molar-refractivity contribution < 1.29 is 9.90 Å². The van der Waals surface area contributed by atoms with Gasteiger partial charge in [0.15, 0.2) is 0 Å². The molecule has 3 nitrogen and oxygen atoms in total. The number of rotatable bonds is 5. The zero-order valence-corrected chi connectivity index (χ0v) is 15.1. The molecule has 4 heteroatoms. The van der Waals surface area contributed by atoms with E-state index in [0.717, 1.165) is 21.9 Å². The Morgan fingerprint density at radius 2 is 1.68 bits per heavy atom. The van der Waals surface area contributed by atoms with Crippen LogP contribution >= 0.6 is 11.8 Å². The summed E-state index contributed by atoms with van der Waals surface area (Å²) in [5, 5.41) is 15.5. The molecule has 2 atom stereocenters. The number of benzene rings is 3. The molecular formula is C21H21NO2S. The van der Waals surface area contributed by atoms with Gasteiger partial charge in [-0.3, -0.25) is 4.79 Å². The summed E-state index contributed by atoms with van der Waals surface area (Å²) in [6.07, 6.45) is 1.91. The van der Waals surface area contributed by atoms with Gasteiger partial charge >= 0.3 is 0 Å². The van der Waals surface area contributed by atoms with Gasteiger partial charge in [-0.1, -0.05) is 60.7 Å². The van der Waals surface area contributed by atoms with Crippen LogP contribution in [0.15, 0.2) is 66.7 Å². The highest BCUT2D eigenvalue weighted by Gasteiger charge is 2.24. The molecule has 0 aliphatic carbocycles. The first kappa shape index (κ1) is 17.4. The van der Waals surface area contributed by atoms with E-state index < -0.39 is 6.04 Å². The van der Waals surface area contributed by atoms with Gasteiger partial charge in [-0.25, -0.2) is 0 Å². The van der Waals surface area contributed by atoms with E-state index in [1.54, 1.807) is 6.07 Å². The molecule has 0 radical (unpaired) electrons. The van der Waals surface area contributed by atoms with Crippen LogP contribution in [0.2, 0.25) is 0 Å². The van der Waals surface area contributed by atoms with Crippen LogP contribution in [-0.4, -0.2) is 22.5 Å². The predicted octanol–water partition coefficient (Wildman–Crippen LogP) is 4.50. The van der Waals surface area contributed by atoms with E-state index in [0.29, 0.717) is 0 Å². The number of amides is 1. The van der Waals surface area contributed by atoms with E-state index in [1.807, 2.05) is 73.8 Å². The van der Waals surface area contributed by atoms with Crippen molar-refractivity contribution in [2.24, 2.45) is 0 Å². The zero-order chi connectivity index (χ0) is 17.8. The van der Waals surface area contributed by atoms with E-state index in [2.05, 4.69) is 5.32 Å². The van der Waals surface area contributed by atoms with Crippen LogP contribution in [0.5, 0.6) is 5.75 Å². The topological polar surface area (TPSA) is 49.3 Å². The van der Waals surface area contributed by atoms with Crippen LogP contribution < -0.4 is 5.32 Å². The Kier molecular flexibility index (Phi) is 5.29. The van der Waals surface area contributed by atoms with Gasteiger partial charge in [-0.05, 0) is 35.6 Å². The van der Waals surface area contributed by atoms with E-state index in [9.17, 15) is 9.90 Å². The summed E-state index contributed by atoms with van der Waals surface area (Å²) < 4.78 is 0. The largest absolute Gasteiger partial charge is 0.508 e. The van der Waals surface area contributed by atoms with Crippen LogP contribution in [0.4, 0.5) is 0 Å². The number of phenolic OH excluding ortho intramolecular Hbond substituents is 1. The number of hydrogen-bond acceptors (Lipinski definition) is 3. The molecule has 3 rings (SSSR count). The summed E-state index contributed by atoms with van der Waals surface area (Å²) in [5.74, 6) is 0.137. The van der Waals surface area contributed by atoms with Crippen molar-refractivity contribution >= 4 is 28.4 Å². The summed E-state index contributed by atoms with van der Waals surface area (Å²) in [6, 6.07) is 20.8. The fourth-order valence-electron chi connectivity index (χ4n) is 2.92. The highest BCUT2D eigenvalue weighted by Crippen LogP contribution is 2.36. The molecule has 3 aromatic carbocycles. The molecule has 0 saturated heterocycles. The van der Waals surface area contributed by atoms with E-state index in [-0.39, 0.29) is 16.9 Å². The minimum Gasteiger partial charge on any atom is -0.508 e. The molecule has 0 bridgehead atoms. The molecule has 128 valence electrons. The number of thioether (sulfide) groups is 1. The predicted molar refractivity (Wildman–Crippen MR) is 105 cm³/mol. The third-order valence-corrected chi connectivity index (χ3v) is 5.30. The highest BCUT2D eigenvalue weighted by atomic mass is 32.2. The number of fused-ring (bicyclic) bond motifs is 1. The van der Waals surface area contributed by atoms with Crippen molar-refractivity contribution in [3.05, 3.63) is 77.9 Å². The molecule has 0 aliphatic heterocycles. The van der Waals surface area contributed by atoms with E-state index in [1.165, 1.54) is 11.8 Å². The fourth-order valence-corrected chi connectivity index (χ4v) is 3.20. The van der Waals surface area contributed by atoms with E-state index in [4.69, 9.17) is 0 Å². The molecule has 3 aromatic rings. The minimum atomic E-state index is -0.408. The average Bonchev–Trinajstić information content (AvgIpc) is 2.66. The summed E-state index contributed by atoms with van der Waals surface area (Å²) in [5.41, 5.74) is 1.67. The molecule has 0 heterocycles. The molecule has 0 spiro atoms. The Balaban J connectivity index is 2.15. The molecule has 0 saturated carbocycles. The maximum Gasteiger partial charge on any atom is 0.233 e. The van der Waals surface area contributed by atoms with Crippen LogP contribution in [0.3, 0.4) is 0 Å². The summed E-state index contributed by atoms with van der Waals surface area (Å²) in [7, 11) is 0. The molecule has 0 aromatic heterocycles.